The van der Waals surface area contributed by atoms with Gasteiger partial charge in [-0.15, -0.1) is 13.2 Å². The Kier molecular flexibility index (Phi) is 14.9. The zero-order chi connectivity index (χ0) is 32.6. The molecule has 0 heterocycles. The summed E-state index contributed by atoms with van der Waals surface area (Å²) in [5.41, 5.74) is -2.60. The first-order valence-corrected chi connectivity index (χ1v) is 15.0. The first kappa shape index (κ1) is 36.3. The zero-order valence-corrected chi connectivity index (χ0v) is 25.7. The average Bonchev–Trinajstić information content (AvgIpc) is 3.94. The Bertz CT molecular complexity index is 976. The van der Waals surface area contributed by atoms with Crippen molar-refractivity contribution in [1.82, 2.24) is 5.32 Å². The van der Waals surface area contributed by atoms with Crippen LogP contribution in [0.3, 0.4) is 0 Å². The largest absolute Gasteiger partial charge is 0.468 e. The van der Waals surface area contributed by atoms with E-state index in [1.807, 2.05) is 0 Å². The quantitative estimate of drug-likeness (QED) is 0.0615. The maximum Gasteiger partial charge on any atom is 0.407 e. The average molecular weight is 624 g/mol. The van der Waals surface area contributed by atoms with Crippen molar-refractivity contribution in [2.75, 3.05) is 47.2 Å². The van der Waals surface area contributed by atoms with Crippen LogP contribution in [0.4, 0.5) is 4.79 Å². The molecule has 0 aliphatic heterocycles. The highest BCUT2D eigenvalue weighted by Gasteiger charge is 2.67. The molecule has 0 aromatic rings. The summed E-state index contributed by atoms with van der Waals surface area (Å²) in [5, 5.41) is 2.65. The molecule has 0 spiro atoms. The number of nitrogens with one attached hydrogen (secondary N) is 1. The highest BCUT2D eigenvalue weighted by Crippen LogP contribution is 2.55. The zero-order valence-electron chi connectivity index (χ0n) is 25.7. The second kappa shape index (κ2) is 18.0. The van der Waals surface area contributed by atoms with Gasteiger partial charge in [-0.3, -0.25) is 24.0 Å². The lowest BCUT2D eigenvalue weighted by molar-refractivity contribution is -0.165. The van der Waals surface area contributed by atoms with E-state index < -0.39 is 40.8 Å². The van der Waals surface area contributed by atoms with Crippen LogP contribution in [0.5, 0.6) is 0 Å². The maximum atomic E-state index is 12.3. The molecule has 2 saturated carbocycles. The number of methoxy groups -OCH3 is 2. The molecule has 0 saturated heterocycles. The summed E-state index contributed by atoms with van der Waals surface area (Å²) in [4.78, 5) is 72.2. The van der Waals surface area contributed by atoms with Crippen LogP contribution in [0, 0.1) is 22.7 Å². The number of allylic oxidation sites excluding steroid dienone is 2. The first-order valence-electron chi connectivity index (χ1n) is 15.0. The topological polar surface area (TPSA) is 170 Å². The molecule has 1 amide bonds. The van der Waals surface area contributed by atoms with E-state index in [0.717, 1.165) is 25.7 Å². The first-order chi connectivity index (χ1) is 21.1. The number of hydrogen-bond acceptors (Lipinski definition) is 12. The van der Waals surface area contributed by atoms with Crippen LogP contribution in [0.2, 0.25) is 0 Å². The Morgan fingerprint density at radius 2 is 1.09 bits per heavy atom. The third kappa shape index (κ3) is 9.81. The van der Waals surface area contributed by atoms with Crippen molar-refractivity contribution in [3.63, 3.8) is 0 Å². The predicted molar refractivity (Wildman–Crippen MR) is 155 cm³/mol. The van der Waals surface area contributed by atoms with Gasteiger partial charge in [-0.05, 0) is 25.7 Å². The molecule has 4 atom stereocenters. The normalized spacial score (nSPS) is 22.9. The van der Waals surface area contributed by atoms with Gasteiger partial charge in [0.2, 0.25) is 0 Å². The summed E-state index contributed by atoms with van der Waals surface area (Å²) < 4.78 is 30.0. The Morgan fingerprint density at radius 3 is 1.57 bits per heavy atom. The summed E-state index contributed by atoms with van der Waals surface area (Å²) in [6.07, 6.45) is 8.06. The molecule has 2 rings (SSSR count). The predicted octanol–water partition coefficient (Wildman–Crippen LogP) is 3.19. The monoisotopic (exact) mass is 623 g/mol. The fourth-order valence-corrected chi connectivity index (χ4v) is 4.91. The van der Waals surface area contributed by atoms with Gasteiger partial charge in [-0.2, -0.15) is 0 Å². The van der Waals surface area contributed by atoms with E-state index in [0.29, 0.717) is 38.6 Å². The van der Waals surface area contributed by atoms with E-state index in [-0.39, 0.29) is 50.7 Å². The highest BCUT2D eigenvalue weighted by molar-refractivity contribution is 6.04. The van der Waals surface area contributed by atoms with Crippen molar-refractivity contribution in [1.29, 1.82) is 0 Å². The molecule has 44 heavy (non-hydrogen) atoms. The van der Waals surface area contributed by atoms with Gasteiger partial charge in [0.25, 0.3) is 0 Å². The fraction of sp³-hybridized carbons (Fsp3) is 0.677. The number of rotatable bonds is 22. The van der Waals surface area contributed by atoms with E-state index in [4.69, 9.17) is 28.4 Å². The number of unbranched alkanes of at least 4 members (excludes halogenated alkanes) is 4. The smallest absolute Gasteiger partial charge is 0.407 e. The molecule has 2 aliphatic carbocycles. The van der Waals surface area contributed by atoms with Crippen LogP contribution in [0.25, 0.3) is 0 Å². The maximum absolute atomic E-state index is 12.3. The summed E-state index contributed by atoms with van der Waals surface area (Å²) in [7, 11) is 2.44. The lowest BCUT2D eigenvalue weighted by atomic mass is 10.0. The van der Waals surface area contributed by atoms with Crippen LogP contribution in [-0.2, 0) is 52.4 Å². The summed E-state index contributed by atoms with van der Waals surface area (Å²) in [6.45, 7) is 7.89. The molecule has 0 aromatic heterocycles. The lowest BCUT2D eigenvalue weighted by Gasteiger charge is -2.13. The van der Waals surface area contributed by atoms with Gasteiger partial charge < -0.3 is 33.7 Å². The molecule has 2 fully saturated rings. The van der Waals surface area contributed by atoms with Crippen molar-refractivity contribution in [3.8, 4) is 0 Å². The van der Waals surface area contributed by atoms with E-state index in [9.17, 15) is 28.8 Å². The second-order valence-corrected chi connectivity index (χ2v) is 10.8. The number of esters is 5. The van der Waals surface area contributed by atoms with E-state index >= 15 is 0 Å². The third-order valence-electron chi connectivity index (χ3n) is 7.79. The number of carbonyl (C=O) groups is 6. The molecule has 0 bridgehead atoms. The minimum Gasteiger partial charge on any atom is -0.468 e. The van der Waals surface area contributed by atoms with Gasteiger partial charge in [0, 0.05) is 37.6 Å². The van der Waals surface area contributed by atoms with Crippen LogP contribution in [0.15, 0.2) is 25.3 Å². The fourth-order valence-electron chi connectivity index (χ4n) is 4.91. The molecular formula is C31H45NO12. The minimum atomic E-state index is -1.30. The van der Waals surface area contributed by atoms with Crippen LogP contribution in [-0.4, -0.2) is 83.1 Å². The summed E-state index contributed by atoms with van der Waals surface area (Å²) >= 11 is 0. The van der Waals surface area contributed by atoms with E-state index in [1.54, 1.807) is 6.08 Å². The number of ether oxygens (including phenoxy) is 6. The van der Waals surface area contributed by atoms with E-state index in [2.05, 4.69) is 18.5 Å². The van der Waals surface area contributed by atoms with Crippen molar-refractivity contribution < 1.29 is 57.2 Å². The van der Waals surface area contributed by atoms with Gasteiger partial charge in [0.1, 0.15) is 0 Å². The van der Waals surface area contributed by atoms with Crippen molar-refractivity contribution in [2.45, 2.75) is 64.2 Å². The Hall–Kier alpha value is -3.90. The van der Waals surface area contributed by atoms with Gasteiger partial charge in [0.05, 0.1) is 40.6 Å². The number of amides is 1. The molecule has 0 radical (unpaired) electrons. The van der Waals surface area contributed by atoms with Crippen LogP contribution < -0.4 is 5.32 Å². The van der Waals surface area contributed by atoms with Crippen molar-refractivity contribution in [3.05, 3.63) is 25.3 Å². The van der Waals surface area contributed by atoms with Gasteiger partial charge in [-0.1, -0.05) is 31.4 Å². The van der Waals surface area contributed by atoms with Gasteiger partial charge in [0.15, 0.2) is 10.8 Å². The number of hydrogen-bond donors (Lipinski definition) is 1. The highest BCUT2D eigenvalue weighted by atomic mass is 16.6. The summed E-state index contributed by atoms with van der Waals surface area (Å²) in [6, 6.07) is 0. The Morgan fingerprint density at radius 1 is 0.636 bits per heavy atom. The molecule has 1 N–H and O–H groups in total. The molecule has 246 valence electrons. The SMILES string of the molecule is C=CC1CC1(C(=O)OC)C(=O)OCCCOC(=O)CCCCCCCNC(=O)OCCCOC(=O)C1(C(=O)OC)CC1C=C. The Balaban J connectivity index is 1.39. The molecular weight excluding hydrogens is 578 g/mol. The molecule has 2 aliphatic rings. The van der Waals surface area contributed by atoms with Crippen LogP contribution >= 0.6 is 0 Å². The molecule has 4 unspecified atom stereocenters. The van der Waals surface area contributed by atoms with Crippen molar-refractivity contribution >= 4 is 35.9 Å². The van der Waals surface area contributed by atoms with Crippen LogP contribution in [0.1, 0.15) is 64.2 Å². The van der Waals surface area contributed by atoms with Gasteiger partial charge >= 0.3 is 35.9 Å². The van der Waals surface area contributed by atoms with Gasteiger partial charge in [-0.25, -0.2) is 4.79 Å². The molecule has 13 nitrogen and oxygen atoms in total. The van der Waals surface area contributed by atoms with Crippen molar-refractivity contribution in [2.24, 2.45) is 22.7 Å². The number of alkyl carbamates (subject to hydrolysis) is 1. The molecule has 13 heteroatoms. The Labute approximate surface area is 257 Å². The second-order valence-electron chi connectivity index (χ2n) is 10.8. The summed E-state index contributed by atoms with van der Waals surface area (Å²) in [5.74, 6) is -3.48. The van der Waals surface area contributed by atoms with E-state index in [1.165, 1.54) is 20.3 Å². The lowest BCUT2D eigenvalue weighted by Crippen LogP contribution is -2.31. The molecule has 0 aromatic carbocycles. The third-order valence-corrected chi connectivity index (χ3v) is 7.79. The number of carbonyl (C=O) groups excluding carboxylic acids is 6. The standard InChI is InChI=1S/C31H45NO12/c1-5-22-20-30(22,25(34)39-3)27(36)42-17-12-16-41-24(33)14-10-8-7-9-11-15-32-29(38)44-19-13-18-43-28(37)31(26(35)40-4)21-23(31)6-2/h5-6,22-23H,1-2,7-21H2,3-4H3,(H,32,38). The minimum absolute atomic E-state index is 0.00746.